The van der Waals surface area contributed by atoms with Gasteiger partial charge in [0.25, 0.3) is 5.91 Å². The molecule has 0 unspecified atom stereocenters. The van der Waals surface area contributed by atoms with E-state index < -0.39 is 0 Å². The number of carbonyl (C=O) groups is 1. The molecular weight excluding hydrogens is 348 g/mol. The summed E-state index contributed by atoms with van der Waals surface area (Å²) in [5, 5.41) is 6.99. The first-order valence-corrected chi connectivity index (χ1v) is 9.46. The molecule has 1 N–H and O–H groups in total. The SMILES string of the molecule is O=C(NCC1(c2ccc3c(c2)OCO3)CCOCC1)c1cc(C2CC2)on1. The molecule has 27 heavy (non-hydrogen) atoms. The average Bonchev–Trinajstić information content (AvgIpc) is 3.25. The van der Waals surface area contributed by atoms with Gasteiger partial charge in [0.1, 0.15) is 5.76 Å². The number of amides is 1. The van der Waals surface area contributed by atoms with E-state index in [2.05, 4.69) is 16.5 Å². The standard InChI is InChI=1S/C20H22N2O5/c23-19(15-10-17(27-22-15)13-1-2-13)21-11-20(5-7-24-8-6-20)14-3-4-16-18(9-14)26-12-25-16/h3-4,9-10,13H,1-2,5-8,11-12H2,(H,21,23). The third-order valence-corrected chi connectivity index (χ3v) is 5.76. The maximum Gasteiger partial charge on any atom is 0.273 e. The predicted molar refractivity (Wildman–Crippen MR) is 95.1 cm³/mol. The number of carbonyl (C=O) groups excluding carboxylic acids is 1. The maximum atomic E-state index is 12.6. The largest absolute Gasteiger partial charge is 0.454 e. The molecule has 0 spiro atoms. The van der Waals surface area contributed by atoms with Crippen molar-refractivity contribution in [2.45, 2.75) is 37.0 Å². The zero-order valence-corrected chi connectivity index (χ0v) is 15.0. The van der Waals surface area contributed by atoms with Crippen LogP contribution in [0.2, 0.25) is 0 Å². The van der Waals surface area contributed by atoms with E-state index in [1.165, 1.54) is 0 Å². The minimum Gasteiger partial charge on any atom is -0.454 e. The molecular formula is C20H22N2O5. The molecule has 7 nitrogen and oxygen atoms in total. The second-order valence-corrected chi connectivity index (χ2v) is 7.53. The normalized spacial score (nSPS) is 20.4. The average molecular weight is 370 g/mol. The van der Waals surface area contributed by atoms with Crippen LogP contribution in [-0.4, -0.2) is 37.6 Å². The van der Waals surface area contributed by atoms with Gasteiger partial charge in [-0.25, -0.2) is 0 Å². The number of ether oxygens (including phenoxy) is 3. The third kappa shape index (κ3) is 3.16. The van der Waals surface area contributed by atoms with Crippen molar-refractivity contribution in [3.63, 3.8) is 0 Å². The molecule has 0 atom stereocenters. The molecule has 5 rings (SSSR count). The van der Waals surface area contributed by atoms with Crippen molar-refractivity contribution in [2.75, 3.05) is 26.6 Å². The highest BCUT2D eigenvalue weighted by Crippen LogP contribution is 2.41. The van der Waals surface area contributed by atoms with Gasteiger partial charge in [-0.15, -0.1) is 0 Å². The summed E-state index contributed by atoms with van der Waals surface area (Å²) in [5.41, 5.74) is 1.29. The van der Waals surface area contributed by atoms with Gasteiger partial charge in [-0.3, -0.25) is 4.79 Å². The van der Waals surface area contributed by atoms with Crippen LogP contribution in [0.1, 0.15) is 53.4 Å². The number of nitrogens with zero attached hydrogens (tertiary/aromatic N) is 1. The molecule has 2 aliphatic heterocycles. The minimum absolute atomic E-state index is 0.196. The molecule has 1 amide bonds. The van der Waals surface area contributed by atoms with E-state index in [9.17, 15) is 4.79 Å². The number of aromatic nitrogens is 1. The summed E-state index contributed by atoms with van der Waals surface area (Å²) in [6, 6.07) is 7.80. The van der Waals surface area contributed by atoms with Crippen molar-refractivity contribution in [1.82, 2.24) is 10.5 Å². The molecule has 1 aliphatic carbocycles. The van der Waals surface area contributed by atoms with Crippen LogP contribution in [0.3, 0.4) is 0 Å². The fraction of sp³-hybridized carbons (Fsp3) is 0.500. The Morgan fingerprint density at radius 2 is 1.96 bits per heavy atom. The fourth-order valence-corrected chi connectivity index (χ4v) is 3.85. The first kappa shape index (κ1) is 16.6. The summed E-state index contributed by atoms with van der Waals surface area (Å²) >= 11 is 0. The van der Waals surface area contributed by atoms with Crippen molar-refractivity contribution in [3.05, 3.63) is 41.3 Å². The number of hydrogen-bond acceptors (Lipinski definition) is 6. The third-order valence-electron chi connectivity index (χ3n) is 5.76. The Bertz CT molecular complexity index is 852. The molecule has 2 fully saturated rings. The highest BCUT2D eigenvalue weighted by Gasteiger charge is 2.36. The van der Waals surface area contributed by atoms with Crippen LogP contribution in [0.15, 0.2) is 28.8 Å². The first-order chi connectivity index (χ1) is 13.2. The van der Waals surface area contributed by atoms with Gasteiger partial charge in [0.05, 0.1) is 0 Å². The van der Waals surface area contributed by atoms with E-state index in [1.54, 1.807) is 6.07 Å². The highest BCUT2D eigenvalue weighted by atomic mass is 16.7. The lowest BCUT2D eigenvalue weighted by atomic mass is 9.74. The van der Waals surface area contributed by atoms with Crippen LogP contribution < -0.4 is 14.8 Å². The van der Waals surface area contributed by atoms with Crippen LogP contribution in [0, 0.1) is 0 Å². The molecule has 1 aromatic heterocycles. The molecule has 142 valence electrons. The molecule has 7 heteroatoms. The fourth-order valence-electron chi connectivity index (χ4n) is 3.85. The minimum atomic E-state index is -0.197. The van der Waals surface area contributed by atoms with Crippen molar-refractivity contribution >= 4 is 5.91 Å². The summed E-state index contributed by atoms with van der Waals surface area (Å²) < 4.78 is 21.8. The van der Waals surface area contributed by atoms with Crippen molar-refractivity contribution in [3.8, 4) is 11.5 Å². The summed E-state index contributed by atoms with van der Waals surface area (Å²) in [5.74, 6) is 2.58. The molecule has 3 heterocycles. The van der Waals surface area contributed by atoms with Gasteiger partial charge >= 0.3 is 0 Å². The highest BCUT2D eigenvalue weighted by molar-refractivity contribution is 5.92. The maximum absolute atomic E-state index is 12.6. The number of rotatable bonds is 5. The molecule has 1 saturated carbocycles. The van der Waals surface area contributed by atoms with Crippen molar-refractivity contribution in [2.24, 2.45) is 0 Å². The summed E-state index contributed by atoms with van der Waals surface area (Å²) in [6.07, 6.45) is 3.89. The van der Waals surface area contributed by atoms with Crippen LogP contribution in [0.5, 0.6) is 11.5 Å². The number of hydrogen-bond donors (Lipinski definition) is 1. The molecule has 0 bridgehead atoms. The Labute approximate surface area is 157 Å². The van der Waals surface area contributed by atoms with E-state index >= 15 is 0 Å². The van der Waals surface area contributed by atoms with Gasteiger partial charge in [-0.1, -0.05) is 11.2 Å². The number of nitrogens with one attached hydrogen (secondary N) is 1. The molecule has 2 aromatic rings. The predicted octanol–water partition coefficient (Wildman–Crippen LogP) is 2.76. The van der Waals surface area contributed by atoms with Crippen LogP contribution in [-0.2, 0) is 10.2 Å². The zero-order valence-electron chi connectivity index (χ0n) is 15.0. The van der Waals surface area contributed by atoms with E-state index in [0.717, 1.165) is 48.5 Å². The van der Waals surface area contributed by atoms with E-state index in [1.807, 2.05) is 12.1 Å². The Morgan fingerprint density at radius 3 is 2.78 bits per heavy atom. The van der Waals surface area contributed by atoms with Crippen LogP contribution >= 0.6 is 0 Å². The number of benzene rings is 1. The van der Waals surface area contributed by atoms with Gasteiger partial charge in [-0.05, 0) is 43.4 Å². The van der Waals surface area contributed by atoms with Crippen LogP contribution in [0.25, 0.3) is 0 Å². The molecule has 1 aromatic carbocycles. The van der Waals surface area contributed by atoms with Gasteiger partial charge in [-0.2, -0.15) is 0 Å². The lowest BCUT2D eigenvalue weighted by Gasteiger charge is -2.38. The zero-order chi connectivity index (χ0) is 18.3. The monoisotopic (exact) mass is 370 g/mol. The van der Waals surface area contributed by atoms with Crippen molar-refractivity contribution < 1.29 is 23.5 Å². The van der Waals surface area contributed by atoms with E-state index in [-0.39, 0.29) is 18.1 Å². The molecule has 1 saturated heterocycles. The Balaban J connectivity index is 1.34. The Hall–Kier alpha value is -2.54. The van der Waals surface area contributed by atoms with Gasteiger partial charge < -0.3 is 24.1 Å². The van der Waals surface area contributed by atoms with E-state index in [0.29, 0.717) is 31.4 Å². The second-order valence-electron chi connectivity index (χ2n) is 7.53. The van der Waals surface area contributed by atoms with Gasteiger partial charge in [0.2, 0.25) is 6.79 Å². The lowest BCUT2D eigenvalue weighted by molar-refractivity contribution is 0.0485. The molecule has 0 radical (unpaired) electrons. The smallest absolute Gasteiger partial charge is 0.273 e. The van der Waals surface area contributed by atoms with Gasteiger partial charge in [0.15, 0.2) is 17.2 Å². The summed E-state index contributed by atoms with van der Waals surface area (Å²) in [4.78, 5) is 12.6. The molecule has 3 aliphatic rings. The number of fused-ring (bicyclic) bond motifs is 1. The lowest BCUT2D eigenvalue weighted by Crippen LogP contribution is -2.44. The quantitative estimate of drug-likeness (QED) is 0.871. The van der Waals surface area contributed by atoms with E-state index in [4.69, 9.17) is 18.7 Å². The Kier molecular flexibility index (Phi) is 4.04. The topological polar surface area (TPSA) is 82.8 Å². The summed E-state index contributed by atoms with van der Waals surface area (Å²) in [6.45, 7) is 2.10. The Morgan fingerprint density at radius 1 is 1.15 bits per heavy atom. The van der Waals surface area contributed by atoms with Crippen LogP contribution in [0.4, 0.5) is 0 Å². The first-order valence-electron chi connectivity index (χ1n) is 9.46. The second kappa shape index (κ2) is 6.56. The van der Waals surface area contributed by atoms with Crippen molar-refractivity contribution in [1.29, 1.82) is 0 Å². The van der Waals surface area contributed by atoms with Gasteiger partial charge in [0, 0.05) is 37.2 Å². The summed E-state index contributed by atoms with van der Waals surface area (Å²) in [7, 11) is 0.